The van der Waals surface area contributed by atoms with Crippen LogP contribution in [0, 0.1) is 0 Å². The second-order valence-corrected chi connectivity index (χ2v) is 4.65. The highest BCUT2D eigenvalue weighted by atomic mass is 16.3. The minimum atomic E-state index is -0.351. The average Bonchev–Trinajstić information content (AvgIpc) is 2.65. The number of piperidine rings is 1. The zero-order valence-corrected chi connectivity index (χ0v) is 9.48. The van der Waals surface area contributed by atoms with Gasteiger partial charge in [0.2, 0.25) is 11.8 Å². The van der Waals surface area contributed by atoms with E-state index in [1.807, 2.05) is 0 Å². The van der Waals surface area contributed by atoms with Gasteiger partial charge in [0.05, 0.1) is 12.1 Å². The molecule has 0 aromatic rings. The van der Waals surface area contributed by atoms with Crippen molar-refractivity contribution in [1.29, 1.82) is 0 Å². The molecule has 3 atom stereocenters. The van der Waals surface area contributed by atoms with Gasteiger partial charge in [0.25, 0.3) is 0 Å². The normalized spacial score (nSPS) is 35.9. The van der Waals surface area contributed by atoms with Gasteiger partial charge in [-0.3, -0.25) is 14.5 Å². The molecule has 2 rings (SSSR count). The Morgan fingerprint density at radius 2 is 2.06 bits per heavy atom. The lowest BCUT2D eigenvalue weighted by Gasteiger charge is -2.31. The molecular formula is C11H18N2O3. The molecule has 0 radical (unpaired) electrons. The molecule has 1 saturated carbocycles. The summed E-state index contributed by atoms with van der Waals surface area (Å²) in [5, 5.41) is 12.8. The fourth-order valence-corrected chi connectivity index (χ4v) is 2.46. The van der Waals surface area contributed by atoms with Crippen LogP contribution in [0.3, 0.4) is 0 Å². The maximum absolute atomic E-state index is 11.8. The van der Waals surface area contributed by atoms with Gasteiger partial charge in [-0.15, -0.1) is 0 Å². The number of hydrogen-bond acceptors (Lipinski definition) is 4. The van der Waals surface area contributed by atoms with E-state index in [-0.39, 0.29) is 30.0 Å². The second-order valence-electron chi connectivity index (χ2n) is 4.65. The number of amides is 2. The highest BCUT2D eigenvalue weighted by Gasteiger charge is 2.35. The molecule has 5 heteroatoms. The van der Waals surface area contributed by atoms with Gasteiger partial charge in [-0.25, -0.2) is 0 Å². The van der Waals surface area contributed by atoms with Crippen LogP contribution in [-0.2, 0) is 9.59 Å². The van der Waals surface area contributed by atoms with Crippen LogP contribution in [0.4, 0.5) is 0 Å². The van der Waals surface area contributed by atoms with E-state index in [0.717, 1.165) is 19.3 Å². The number of carbonyl (C=O) groups is 2. The van der Waals surface area contributed by atoms with Crippen LogP contribution in [0.25, 0.3) is 0 Å². The quantitative estimate of drug-likeness (QED) is 0.631. The molecule has 1 heterocycles. The number of nitrogens with one attached hydrogen (secondary N) is 1. The summed E-state index contributed by atoms with van der Waals surface area (Å²) in [6, 6.07) is -0.295. The van der Waals surface area contributed by atoms with Crippen LogP contribution in [0.15, 0.2) is 0 Å². The molecule has 2 fully saturated rings. The van der Waals surface area contributed by atoms with Gasteiger partial charge in [-0.1, -0.05) is 0 Å². The average molecular weight is 226 g/mol. The van der Waals surface area contributed by atoms with E-state index in [0.29, 0.717) is 12.8 Å². The SMILES string of the molecule is CN1C(=O)CCC(NC2CCCC2O)C1=O. The van der Waals surface area contributed by atoms with Gasteiger partial charge in [-0.2, -0.15) is 0 Å². The van der Waals surface area contributed by atoms with Crippen LogP contribution >= 0.6 is 0 Å². The van der Waals surface area contributed by atoms with E-state index >= 15 is 0 Å². The van der Waals surface area contributed by atoms with Crippen molar-refractivity contribution in [2.75, 3.05) is 7.05 Å². The Bertz CT molecular complexity index is 306. The Morgan fingerprint density at radius 3 is 2.69 bits per heavy atom. The van der Waals surface area contributed by atoms with Gasteiger partial charge < -0.3 is 10.4 Å². The molecule has 0 aromatic heterocycles. The van der Waals surface area contributed by atoms with Crippen LogP contribution in [0.5, 0.6) is 0 Å². The van der Waals surface area contributed by atoms with Gasteiger partial charge in [0.15, 0.2) is 0 Å². The van der Waals surface area contributed by atoms with Crippen molar-refractivity contribution in [3.8, 4) is 0 Å². The van der Waals surface area contributed by atoms with Crippen LogP contribution in [0.1, 0.15) is 32.1 Å². The molecule has 1 aliphatic heterocycles. The molecule has 2 amide bonds. The summed E-state index contributed by atoms with van der Waals surface area (Å²) in [5.74, 6) is -0.287. The van der Waals surface area contributed by atoms with Crippen molar-refractivity contribution in [2.24, 2.45) is 0 Å². The minimum absolute atomic E-state index is 0.00977. The number of aliphatic hydroxyl groups excluding tert-OH is 1. The third-order valence-corrected chi connectivity index (χ3v) is 3.54. The third-order valence-electron chi connectivity index (χ3n) is 3.54. The molecular weight excluding hydrogens is 208 g/mol. The summed E-state index contributed by atoms with van der Waals surface area (Å²) in [7, 11) is 1.52. The van der Waals surface area contributed by atoms with Crippen molar-refractivity contribution in [3.05, 3.63) is 0 Å². The summed E-state index contributed by atoms with van der Waals surface area (Å²) < 4.78 is 0. The van der Waals surface area contributed by atoms with Crippen molar-refractivity contribution in [1.82, 2.24) is 10.2 Å². The Balaban J connectivity index is 1.95. The van der Waals surface area contributed by atoms with Crippen molar-refractivity contribution in [2.45, 2.75) is 50.3 Å². The Morgan fingerprint density at radius 1 is 1.31 bits per heavy atom. The van der Waals surface area contributed by atoms with Crippen molar-refractivity contribution in [3.63, 3.8) is 0 Å². The van der Waals surface area contributed by atoms with Crippen LogP contribution in [0.2, 0.25) is 0 Å². The Hall–Kier alpha value is -0.940. The lowest BCUT2D eigenvalue weighted by molar-refractivity contribution is -0.148. The fourth-order valence-electron chi connectivity index (χ4n) is 2.46. The summed E-state index contributed by atoms with van der Waals surface area (Å²) in [6.45, 7) is 0. The molecule has 2 N–H and O–H groups in total. The van der Waals surface area contributed by atoms with E-state index in [4.69, 9.17) is 0 Å². The molecule has 1 aliphatic carbocycles. The topological polar surface area (TPSA) is 69.6 Å². The molecule has 2 aliphatic rings. The summed E-state index contributed by atoms with van der Waals surface area (Å²) >= 11 is 0. The lowest BCUT2D eigenvalue weighted by atomic mass is 10.0. The maximum Gasteiger partial charge on any atom is 0.246 e. The first kappa shape index (κ1) is 11.5. The molecule has 0 aromatic carbocycles. The molecule has 1 saturated heterocycles. The highest BCUT2D eigenvalue weighted by Crippen LogP contribution is 2.21. The number of aliphatic hydroxyl groups is 1. The number of carbonyl (C=O) groups excluding carboxylic acids is 2. The predicted octanol–water partition coefficient (Wildman–Crippen LogP) is -0.363. The summed E-state index contributed by atoms with van der Waals surface area (Å²) in [5.41, 5.74) is 0. The van der Waals surface area contributed by atoms with E-state index in [1.165, 1.54) is 11.9 Å². The van der Waals surface area contributed by atoms with E-state index in [9.17, 15) is 14.7 Å². The Kier molecular flexibility index (Phi) is 3.25. The minimum Gasteiger partial charge on any atom is -0.392 e. The summed E-state index contributed by atoms with van der Waals surface area (Å²) in [4.78, 5) is 24.3. The lowest BCUT2D eigenvalue weighted by Crippen LogP contribution is -2.55. The first-order valence-electron chi connectivity index (χ1n) is 5.84. The molecule has 5 nitrogen and oxygen atoms in total. The molecule has 0 spiro atoms. The first-order valence-corrected chi connectivity index (χ1v) is 5.84. The molecule has 16 heavy (non-hydrogen) atoms. The number of likely N-dealkylation sites (tertiary alicyclic amines) is 1. The first-order chi connectivity index (χ1) is 7.59. The Labute approximate surface area is 94.8 Å². The maximum atomic E-state index is 11.8. The largest absolute Gasteiger partial charge is 0.392 e. The van der Waals surface area contributed by atoms with E-state index < -0.39 is 0 Å². The smallest absolute Gasteiger partial charge is 0.246 e. The van der Waals surface area contributed by atoms with Crippen LogP contribution < -0.4 is 5.32 Å². The van der Waals surface area contributed by atoms with E-state index in [2.05, 4.69) is 5.32 Å². The van der Waals surface area contributed by atoms with Gasteiger partial charge >= 0.3 is 0 Å². The van der Waals surface area contributed by atoms with Crippen molar-refractivity contribution >= 4 is 11.8 Å². The second kappa shape index (κ2) is 4.51. The molecule has 90 valence electrons. The number of hydrogen-bond donors (Lipinski definition) is 2. The third kappa shape index (κ3) is 2.10. The summed E-state index contributed by atoms with van der Waals surface area (Å²) in [6.07, 6.45) is 3.30. The zero-order valence-electron chi connectivity index (χ0n) is 9.48. The number of rotatable bonds is 2. The monoisotopic (exact) mass is 226 g/mol. The fraction of sp³-hybridized carbons (Fsp3) is 0.818. The molecule has 3 unspecified atom stereocenters. The van der Waals surface area contributed by atoms with Gasteiger partial charge in [0, 0.05) is 19.5 Å². The predicted molar refractivity (Wildman–Crippen MR) is 57.6 cm³/mol. The van der Waals surface area contributed by atoms with Gasteiger partial charge in [-0.05, 0) is 25.7 Å². The number of imide groups is 1. The number of likely N-dealkylation sites (N-methyl/N-ethyl adjacent to an activating group) is 1. The molecule has 0 bridgehead atoms. The van der Waals surface area contributed by atoms with Crippen molar-refractivity contribution < 1.29 is 14.7 Å². The standard InChI is InChI=1S/C11H18N2O3/c1-13-10(15)6-5-8(11(13)16)12-7-3-2-4-9(7)14/h7-9,12,14H,2-6H2,1H3. The van der Waals surface area contributed by atoms with Gasteiger partial charge in [0.1, 0.15) is 0 Å². The van der Waals surface area contributed by atoms with Crippen LogP contribution in [-0.4, -0.2) is 47.1 Å². The highest BCUT2D eigenvalue weighted by molar-refractivity contribution is 6.00. The number of nitrogens with zero attached hydrogens (tertiary/aromatic N) is 1. The zero-order chi connectivity index (χ0) is 11.7. The van der Waals surface area contributed by atoms with E-state index in [1.54, 1.807) is 0 Å².